The lowest BCUT2D eigenvalue weighted by atomic mass is 10.2. The quantitative estimate of drug-likeness (QED) is 0.577. The Bertz CT molecular complexity index is 548. The molecule has 8 heteroatoms. The summed E-state index contributed by atoms with van der Waals surface area (Å²) >= 11 is 0. The van der Waals surface area contributed by atoms with Gasteiger partial charge in [0.25, 0.3) is 0 Å². The van der Waals surface area contributed by atoms with Gasteiger partial charge in [0.1, 0.15) is 0 Å². The predicted molar refractivity (Wildman–Crippen MR) is 76.8 cm³/mol. The Morgan fingerprint density at radius 1 is 1.41 bits per heavy atom. The molecule has 0 unspecified atom stereocenters. The zero-order valence-corrected chi connectivity index (χ0v) is 12.6. The molecule has 2 N–H and O–H groups in total. The Labute approximate surface area is 128 Å². The van der Waals surface area contributed by atoms with Crippen LogP contribution in [0.5, 0.6) is 0 Å². The van der Waals surface area contributed by atoms with Gasteiger partial charge in [-0.25, -0.2) is 9.59 Å². The van der Waals surface area contributed by atoms with Crippen LogP contribution in [-0.4, -0.2) is 52.8 Å². The van der Waals surface area contributed by atoms with E-state index >= 15 is 0 Å². The number of hydrogen-bond acceptors (Lipinski definition) is 5. The number of ether oxygens (including phenoxy) is 2. The molecule has 1 heterocycles. The summed E-state index contributed by atoms with van der Waals surface area (Å²) in [5.74, 6) is -1.82. The topological polar surface area (TPSA) is 111 Å². The molecule has 0 amide bonds. The first-order valence-corrected chi connectivity index (χ1v) is 6.66. The first-order valence-electron chi connectivity index (χ1n) is 6.66. The van der Waals surface area contributed by atoms with E-state index in [1.54, 1.807) is 17.9 Å². The van der Waals surface area contributed by atoms with Crippen molar-refractivity contribution in [3.05, 3.63) is 29.8 Å². The fraction of sp³-hybridized carbons (Fsp3) is 0.500. The van der Waals surface area contributed by atoms with Gasteiger partial charge in [0.2, 0.25) is 0 Å². The van der Waals surface area contributed by atoms with E-state index < -0.39 is 11.9 Å². The molecule has 0 spiro atoms. The number of carboxylic acids is 2. The molecule has 0 atom stereocenters. The van der Waals surface area contributed by atoms with Gasteiger partial charge in [-0.15, -0.1) is 0 Å². The highest BCUT2D eigenvalue weighted by molar-refractivity contribution is 5.85. The van der Waals surface area contributed by atoms with Crippen molar-refractivity contribution < 1.29 is 29.3 Å². The largest absolute Gasteiger partial charge is 0.490 e. The van der Waals surface area contributed by atoms with Crippen LogP contribution in [0.1, 0.15) is 34.9 Å². The molecule has 0 saturated heterocycles. The summed E-state index contributed by atoms with van der Waals surface area (Å²) in [4.78, 5) is 20.5. The van der Waals surface area contributed by atoms with Crippen molar-refractivity contribution in [1.29, 1.82) is 0 Å². The highest BCUT2D eigenvalue weighted by Gasteiger charge is 2.29. The summed E-state index contributed by atoms with van der Waals surface area (Å²) in [5.41, 5.74) is 1.16. The van der Waals surface area contributed by atoms with Gasteiger partial charge in [0, 0.05) is 18.7 Å². The first-order chi connectivity index (χ1) is 10.4. The minimum atomic E-state index is -1.12. The normalized spacial score (nSPS) is 13.0. The summed E-state index contributed by atoms with van der Waals surface area (Å²) in [6, 6.07) is 1.68. The highest BCUT2D eigenvalue weighted by Crippen LogP contribution is 2.40. The molecule has 1 aliphatic rings. The summed E-state index contributed by atoms with van der Waals surface area (Å²) in [6.45, 7) is 4.23. The van der Waals surface area contributed by atoms with Crippen LogP contribution in [0.3, 0.4) is 0 Å². The van der Waals surface area contributed by atoms with Crippen LogP contribution in [-0.2, 0) is 20.8 Å². The number of aromatic carboxylic acids is 1. The Kier molecular flexibility index (Phi) is 6.58. The number of aromatic nitrogens is 2. The number of carbonyl (C=O) groups is 2. The van der Waals surface area contributed by atoms with Gasteiger partial charge in [-0.2, -0.15) is 5.10 Å². The molecular formula is C14H20N2O6. The van der Waals surface area contributed by atoms with Crippen LogP contribution in [0.25, 0.3) is 0 Å². The monoisotopic (exact) mass is 312 g/mol. The SMILES string of the molecule is C=C(OC)C(=O)O.COCCn1nc(C(=O)O)cc1C1CC1. The summed E-state index contributed by atoms with van der Waals surface area (Å²) in [5, 5.41) is 20.8. The van der Waals surface area contributed by atoms with E-state index in [-0.39, 0.29) is 11.5 Å². The smallest absolute Gasteiger partial charge is 0.370 e. The molecule has 122 valence electrons. The number of hydrogen-bond donors (Lipinski definition) is 2. The van der Waals surface area contributed by atoms with Gasteiger partial charge >= 0.3 is 11.9 Å². The molecule has 1 aromatic rings. The van der Waals surface area contributed by atoms with Crippen LogP contribution in [0, 0.1) is 0 Å². The van der Waals surface area contributed by atoms with Crippen molar-refractivity contribution in [3.63, 3.8) is 0 Å². The maximum Gasteiger partial charge on any atom is 0.370 e. The predicted octanol–water partition coefficient (Wildman–Crippen LogP) is 1.34. The molecule has 0 aromatic carbocycles. The molecule has 0 radical (unpaired) electrons. The van der Waals surface area contributed by atoms with E-state index in [0.29, 0.717) is 19.1 Å². The maximum atomic E-state index is 10.8. The second kappa shape index (κ2) is 8.18. The second-order valence-corrected chi connectivity index (χ2v) is 4.68. The van der Waals surface area contributed by atoms with Gasteiger partial charge < -0.3 is 19.7 Å². The van der Waals surface area contributed by atoms with Crippen molar-refractivity contribution >= 4 is 11.9 Å². The molecule has 8 nitrogen and oxygen atoms in total. The Hall–Kier alpha value is -2.35. The zero-order chi connectivity index (χ0) is 16.7. The Balaban J connectivity index is 0.000000295. The van der Waals surface area contributed by atoms with Gasteiger partial charge in [-0.05, 0) is 25.5 Å². The average molecular weight is 312 g/mol. The minimum absolute atomic E-state index is 0.132. The molecule has 1 aliphatic carbocycles. The molecule has 2 rings (SSSR count). The van der Waals surface area contributed by atoms with Crippen molar-refractivity contribution in [2.75, 3.05) is 20.8 Å². The van der Waals surface area contributed by atoms with Gasteiger partial charge in [0.05, 0.1) is 20.3 Å². The second-order valence-electron chi connectivity index (χ2n) is 4.68. The maximum absolute atomic E-state index is 10.8. The van der Waals surface area contributed by atoms with Crippen molar-refractivity contribution in [1.82, 2.24) is 9.78 Å². The van der Waals surface area contributed by atoms with Crippen molar-refractivity contribution in [2.24, 2.45) is 0 Å². The number of aliphatic carboxylic acids is 1. The van der Waals surface area contributed by atoms with E-state index in [1.165, 1.54) is 7.11 Å². The number of methoxy groups -OCH3 is 2. The first kappa shape index (κ1) is 17.7. The summed E-state index contributed by atoms with van der Waals surface area (Å²) in [6.07, 6.45) is 2.27. The number of nitrogens with zero attached hydrogens (tertiary/aromatic N) is 2. The van der Waals surface area contributed by atoms with E-state index in [0.717, 1.165) is 18.5 Å². The van der Waals surface area contributed by atoms with Crippen LogP contribution in [0.2, 0.25) is 0 Å². The van der Waals surface area contributed by atoms with Gasteiger partial charge in [0.15, 0.2) is 11.5 Å². The third kappa shape index (κ3) is 5.21. The van der Waals surface area contributed by atoms with Crippen LogP contribution >= 0.6 is 0 Å². The average Bonchev–Trinajstić information content (AvgIpc) is 3.24. The van der Waals surface area contributed by atoms with E-state index in [4.69, 9.17) is 14.9 Å². The van der Waals surface area contributed by atoms with Crippen LogP contribution < -0.4 is 0 Å². The fourth-order valence-electron chi connectivity index (χ4n) is 1.69. The lowest BCUT2D eigenvalue weighted by molar-refractivity contribution is -0.136. The van der Waals surface area contributed by atoms with Crippen LogP contribution in [0.15, 0.2) is 18.4 Å². The number of rotatable bonds is 7. The molecular weight excluding hydrogens is 292 g/mol. The minimum Gasteiger partial charge on any atom is -0.490 e. The Morgan fingerprint density at radius 2 is 2.05 bits per heavy atom. The standard InChI is InChI=1S/C10H14N2O3.C4H6O3/c1-15-5-4-12-9(7-2-3-7)6-8(11-12)10(13)14;1-3(7-2)4(5)6/h6-7H,2-5H2,1H3,(H,13,14);1H2,2H3,(H,5,6). The lowest BCUT2D eigenvalue weighted by Gasteiger charge is -2.04. The van der Waals surface area contributed by atoms with Crippen LogP contribution in [0.4, 0.5) is 0 Å². The van der Waals surface area contributed by atoms with Gasteiger partial charge in [-0.3, -0.25) is 4.68 Å². The molecule has 0 aliphatic heterocycles. The van der Waals surface area contributed by atoms with Crippen molar-refractivity contribution in [3.8, 4) is 0 Å². The van der Waals surface area contributed by atoms with E-state index in [2.05, 4.69) is 16.4 Å². The highest BCUT2D eigenvalue weighted by atomic mass is 16.5. The molecule has 1 saturated carbocycles. The van der Waals surface area contributed by atoms with Gasteiger partial charge in [-0.1, -0.05) is 0 Å². The lowest BCUT2D eigenvalue weighted by Crippen LogP contribution is -2.09. The third-order valence-electron chi connectivity index (χ3n) is 3.02. The summed E-state index contributed by atoms with van der Waals surface area (Å²) < 4.78 is 10.9. The van der Waals surface area contributed by atoms with E-state index in [1.807, 2.05) is 0 Å². The molecule has 1 fully saturated rings. The van der Waals surface area contributed by atoms with E-state index in [9.17, 15) is 9.59 Å². The zero-order valence-electron chi connectivity index (χ0n) is 12.6. The molecule has 22 heavy (non-hydrogen) atoms. The molecule has 1 aromatic heterocycles. The fourth-order valence-corrected chi connectivity index (χ4v) is 1.69. The Morgan fingerprint density at radius 3 is 2.41 bits per heavy atom. The van der Waals surface area contributed by atoms with Crippen molar-refractivity contribution in [2.45, 2.75) is 25.3 Å². The number of carboxylic acid groups (broad SMARTS) is 2. The summed E-state index contributed by atoms with van der Waals surface area (Å²) in [7, 11) is 2.88. The third-order valence-corrected chi connectivity index (χ3v) is 3.02. The molecule has 0 bridgehead atoms.